The van der Waals surface area contributed by atoms with Gasteiger partial charge >= 0.3 is 0 Å². The first-order valence-electron chi connectivity index (χ1n) is 24.6. The van der Waals surface area contributed by atoms with Crippen LogP contribution >= 0.6 is 0 Å². The molecule has 0 unspecified atom stereocenters. The lowest BCUT2D eigenvalue weighted by molar-refractivity contribution is 0.590. The molecule has 9 rings (SSSR count). The molecule has 0 saturated heterocycles. The van der Waals surface area contributed by atoms with Crippen molar-refractivity contribution < 1.29 is 0 Å². The topological polar surface area (TPSA) is 0 Å². The van der Waals surface area contributed by atoms with E-state index in [1.807, 2.05) is 0 Å². The normalized spacial score (nSPS) is 12.5. The van der Waals surface area contributed by atoms with E-state index in [-0.39, 0.29) is 10.8 Å². The van der Waals surface area contributed by atoms with Crippen LogP contribution in [-0.4, -0.2) is 0 Å². The molecule has 0 atom stereocenters. The van der Waals surface area contributed by atoms with Gasteiger partial charge in [-0.15, -0.1) is 0 Å². The van der Waals surface area contributed by atoms with E-state index in [0.29, 0.717) is 0 Å². The van der Waals surface area contributed by atoms with E-state index in [0.717, 1.165) is 33.4 Å². The van der Waals surface area contributed by atoms with Crippen LogP contribution < -0.4 is 0 Å². The minimum atomic E-state index is 0.101. The maximum atomic E-state index is 2.31. The Labute approximate surface area is 417 Å². The predicted octanol–water partition coefficient (Wildman–Crippen LogP) is 19.1. The lowest BCUT2D eigenvalue weighted by Gasteiger charge is -2.19. The van der Waals surface area contributed by atoms with Crippen molar-refractivity contribution in [3.05, 3.63) is 297 Å². The summed E-state index contributed by atoms with van der Waals surface area (Å²) in [6.07, 6.45) is 13.6. The highest BCUT2D eigenvalue weighted by atomic mass is 14.2. The Morgan fingerprint density at radius 3 is 1.01 bits per heavy atom. The van der Waals surface area contributed by atoms with Gasteiger partial charge in [0.2, 0.25) is 0 Å². The Bertz CT molecular complexity index is 3260. The van der Waals surface area contributed by atoms with E-state index in [1.165, 1.54) is 66.8 Å². The molecule has 0 heterocycles. The first-order chi connectivity index (χ1) is 33.9. The van der Waals surface area contributed by atoms with Crippen LogP contribution in [0.15, 0.2) is 231 Å². The zero-order valence-electron chi connectivity index (χ0n) is 41.4. The maximum Gasteiger partial charge on any atom is -0.0105 e. The molecule has 70 heavy (non-hydrogen) atoms. The van der Waals surface area contributed by atoms with Crippen LogP contribution in [0.2, 0.25) is 0 Å². The average Bonchev–Trinajstić information content (AvgIpc) is 3.39. The van der Waals surface area contributed by atoms with Crippen LogP contribution in [-0.2, 0) is 10.8 Å². The lowest BCUT2D eigenvalue weighted by Crippen LogP contribution is -2.10. The molecule has 0 aromatic heterocycles. The van der Waals surface area contributed by atoms with Gasteiger partial charge in [-0.1, -0.05) is 290 Å². The van der Waals surface area contributed by atoms with Gasteiger partial charge in [-0.3, -0.25) is 0 Å². The van der Waals surface area contributed by atoms with Crippen molar-refractivity contribution in [3.8, 4) is 22.3 Å². The summed E-state index contributed by atoms with van der Waals surface area (Å²) in [5.74, 6) is 0. The van der Waals surface area contributed by atoms with E-state index in [4.69, 9.17) is 0 Å². The smallest absolute Gasteiger partial charge is 0.0105 e. The second-order valence-electron chi connectivity index (χ2n) is 20.3. The van der Waals surface area contributed by atoms with Crippen molar-refractivity contribution in [2.45, 2.75) is 52.4 Å². The van der Waals surface area contributed by atoms with Gasteiger partial charge < -0.3 is 0 Å². The Kier molecular flexibility index (Phi) is 14.2. The molecule has 9 aromatic rings. The second-order valence-corrected chi connectivity index (χ2v) is 20.3. The summed E-state index contributed by atoms with van der Waals surface area (Å²) in [6, 6.07) is 83.5. The third-order valence-electron chi connectivity index (χ3n) is 13.1. The molecule has 0 fully saturated rings. The number of hydrogen-bond donors (Lipinski definition) is 0. The van der Waals surface area contributed by atoms with Gasteiger partial charge in [0.1, 0.15) is 0 Å². The highest BCUT2D eigenvalue weighted by Crippen LogP contribution is 2.33. The summed E-state index contributed by atoms with van der Waals surface area (Å²) in [4.78, 5) is 0. The van der Waals surface area contributed by atoms with Gasteiger partial charge in [0, 0.05) is 0 Å². The van der Waals surface area contributed by atoms with Crippen molar-refractivity contribution in [1.29, 1.82) is 0 Å². The minimum absolute atomic E-state index is 0.101. The first kappa shape index (κ1) is 47.0. The molecule has 0 N–H and O–H groups in total. The molecule has 342 valence electrons. The van der Waals surface area contributed by atoms with Crippen molar-refractivity contribution in [3.63, 3.8) is 0 Å². The number of rotatable bonds is 12. The van der Waals surface area contributed by atoms with E-state index in [2.05, 4.69) is 309 Å². The van der Waals surface area contributed by atoms with Crippen LogP contribution in [0, 0.1) is 0 Å². The van der Waals surface area contributed by atoms with Crippen molar-refractivity contribution in [2.75, 3.05) is 0 Å². The summed E-state index contributed by atoms with van der Waals surface area (Å²) in [5.41, 5.74) is 21.8. The molecule has 0 bridgehead atoms. The number of hydrogen-bond acceptors (Lipinski definition) is 0. The Balaban J connectivity index is 1.00. The monoisotopic (exact) mass is 902 g/mol. The molecule has 0 heteroatoms. The molecular weight excluding hydrogens is 841 g/mol. The SMILES string of the molecule is CC(C)(C)c1ccc(C(=Cc2ccc(C=Cc3ccc(-c4ccc(-c5ccccc5)cc4)cc3C=Cc3ccc(C=C(c4ccccc4)c4ccc(C(C)(C)C)cc4)cc3)cc2)c2ccccc2)cc1. The molecule has 0 radical (unpaired) electrons. The lowest BCUT2D eigenvalue weighted by atomic mass is 9.85. The summed E-state index contributed by atoms with van der Waals surface area (Å²) in [6.45, 7) is 13.6. The molecule has 0 aliphatic rings. The zero-order valence-corrected chi connectivity index (χ0v) is 41.4. The molecule has 0 aliphatic carbocycles. The highest BCUT2D eigenvalue weighted by Gasteiger charge is 2.16. The van der Waals surface area contributed by atoms with Gasteiger partial charge in [-0.05, 0) is 129 Å². The Hall–Kier alpha value is -8.06. The van der Waals surface area contributed by atoms with Crippen molar-refractivity contribution >= 4 is 47.6 Å². The van der Waals surface area contributed by atoms with Gasteiger partial charge in [0.05, 0.1) is 0 Å². The standard InChI is InChI=1S/C70H62/c1-69(2,3)65-44-40-61(41-45-65)67(59-18-12-8-13-19-59)48-53-26-22-51(23-27-53)30-32-57-38-39-64(58-36-34-56(35-37-58)55-16-10-7-11-17-55)50-63(57)33-31-52-24-28-54(29-25-52)49-68(60-20-14-9-15-21-60)62-42-46-66(47-43-62)70(4,5)6/h7-50H,1-6H3. The molecule has 9 aromatic carbocycles. The van der Waals surface area contributed by atoms with Crippen LogP contribution in [0.5, 0.6) is 0 Å². The van der Waals surface area contributed by atoms with E-state index in [9.17, 15) is 0 Å². The van der Waals surface area contributed by atoms with Crippen molar-refractivity contribution in [1.82, 2.24) is 0 Å². The van der Waals surface area contributed by atoms with Crippen LogP contribution in [0.4, 0.5) is 0 Å². The van der Waals surface area contributed by atoms with Gasteiger partial charge in [-0.2, -0.15) is 0 Å². The molecule has 0 saturated carbocycles. The molecule has 0 nitrogen and oxygen atoms in total. The molecule has 0 aliphatic heterocycles. The van der Waals surface area contributed by atoms with Gasteiger partial charge in [0.15, 0.2) is 0 Å². The molecule has 0 spiro atoms. The van der Waals surface area contributed by atoms with Gasteiger partial charge in [-0.25, -0.2) is 0 Å². The fraction of sp³-hybridized carbons (Fsp3) is 0.114. The third kappa shape index (κ3) is 11.8. The second kappa shape index (κ2) is 21.1. The Morgan fingerprint density at radius 2 is 0.600 bits per heavy atom. The Morgan fingerprint density at radius 1 is 0.271 bits per heavy atom. The quantitative estimate of drug-likeness (QED) is 0.107. The molecular formula is C70H62. The fourth-order valence-electron chi connectivity index (χ4n) is 8.85. The maximum absolute atomic E-state index is 2.31. The first-order valence-corrected chi connectivity index (χ1v) is 24.6. The van der Waals surface area contributed by atoms with E-state index < -0.39 is 0 Å². The summed E-state index contributed by atoms with van der Waals surface area (Å²) >= 11 is 0. The summed E-state index contributed by atoms with van der Waals surface area (Å²) < 4.78 is 0. The largest absolute Gasteiger partial charge is 0.0622 e. The van der Waals surface area contributed by atoms with E-state index >= 15 is 0 Å². The van der Waals surface area contributed by atoms with Crippen LogP contribution in [0.3, 0.4) is 0 Å². The van der Waals surface area contributed by atoms with Gasteiger partial charge in [0.25, 0.3) is 0 Å². The average molecular weight is 903 g/mol. The summed E-state index contributed by atoms with van der Waals surface area (Å²) in [5, 5.41) is 0. The summed E-state index contributed by atoms with van der Waals surface area (Å²) in [7, 11) is 0. The molecule has 0 amide bonds. The third-order valence-corrected chi connectivity index (χ3v) is 13.1. The highest BCUT2D eigenvalue weighted by molar-refractivity contribution is 5.93. The zero-order chi connectivity index (χ0) is 48.5. The predicted molar refractivity (Wildman–Crippen MR) is 305 cm³/mol. The minimum Gasteiger partial charge on any atom is -0.0622 e. The van der Waals surface area contributed by atoms with Crippen LogP contribution in [0.1, 0.15) is 108 Å². The number of benzene rings is 9. The van der Waals surface area contributed by atoms with Crippen LogP contribution in [0.25, 0.3) is 69.9 Å². The van der Waals surface area contributed by atoms with E-state index in [1.54, 1.807) is 0 Å². The van der Waals surface area contributed by atoms with Crippen molar-refractivity contribution in [2.24, 2.45) is 0 Å². The fourth-order valence-corrected chi connectivity index (χ4v) is 8.85.